The van der Waals surface area contributed by atoms with Gasteiger partial charge in [0.1, 0.15) is 24.3 Å². The minimum atomic E-state index is -0.558. The fourth-order valence-electron chi connectivity index (χ4n) is 2.26. The lowest BCUT2D eigenvalue weighted by atomic mass is 10.2. The van der Waals surface area contributed by atoms with Gasteiger partial charge in [-0.3, -0.25) is 0 Å². The summed E-state index contributed by atoms with van der Waals surface area (Å²) >= 11 is 0. The largest absolute Gasteiger partial charge is 0.491 e. The molecule has 1 aliphatic rings. The Bertz CT molecular complexity index is 431. The highest BCUT2D eigenvalue weighted by Crippen LogP contribution is 2.19. The fraction of sp³-hybridized carbons (Fsp3) is 0.500. The molecule has 0 spiro atoms. The zero-order valence-electron chi connectivity index (χ0n) is 11.6. The van der Waals surface area contributed by atoms with Gasteiger partial charge in [0.05, 0.1) is 0 Å². The van der Waals surface area contributed by atoms with Gasteiger partial charge < -0.3 is 15.2 Å². The topological polar surface area (TPSA) is 41.5 Å². The van der Waals surface area contributed by atoms with Crippen LogP contribution in [0, 0.1) is 5.82 Å². The van der Waals surface area contributed by atoms with Crippen molar-refractivity contribution in [3.05, 3.63) is 41.7 Å². The van der Waals surface area contributed by atoms with Gasteiger partial charge in [-0.15, -0.1) is 0 Å². The zero-order valence-corrected chi connectivity index (χ0v) is 11.6. The Morgan fingerprint density at radius 1 is 1.30 bits per heavy atom. The molecule has 0 radical (unpaired) electrons. The van der Waals surface area contributed by atoms with Crippen molar-refractivity contribution in [1.29, 1.82) is 0 Å². The summed E-state index contributed by atoms with van der Waals surface area (Å²) in [5.41, 5.74) is 1.52. The van der Waals surface area contributed by atoms with Gasteiger partial charge in [-0.25, -0.2) is 4.39 Å². The highest BCUT2D eigenvalue weighted by Gasteiger charge is 2.07. The summed E-state index contributed by atoms with van der Waals surface area (Å²) in [7, 11) is 0. The number of ether oxygens (including phenoxy) is 1. The van der Waals surface area contributed by atoms with Gasteiger partial charge in [0, 0.05) is 6.54 Å². The summed E-state index contributed by atoms with van der Waals surface area (Å²) in [6, 6.07) is 5.80. The van der Waals surface area contributed by atoms with E-state index in [2.05, 4.69) is 11.4 Å². The summed E-state index contributed by atoms with van der Waals surface area (Å²) in [6.45, 7) is 1.61. The van der Waals surface area contributed by atoms with E-state index in [1.165, 1.54) is 37.0 Å². The second kappa shape index (κ2) is 8.02. The fourth-order valence-corrected chi connectivity index (χ4v) is 2.26. The number of hydrogen-bond acceptors (Lipinski definition) is 3. The van der Waals surface area contributed by atoms with E-state index in [-0.39, 0.29) is 12.4 Å². The molecule has 0 fully saturated rings. The molecule has 0 aromatic heterocycles. The first kappa shape index (κ1) is 15.0. The molecule has 1 atom stereocenters. The minimum absolute atomic E-state index is 0.210. The van der Waals surface area contributed by atoms with Crippen molar-refractivity contribution in [1.82, 2.24) is 5.32 Å². The van der Waals surface area contributed by atoms with Gasteiger partial charge in [0.2, 0.25) is 0 Å². The van der Waals surface area contributed by atoms with Crippen LogP contribution in [0.15, 0.2) is 35.9 Å². The smallest absolute Gasteiger partial charge is 0.123 e. The van der Waals surface area contributed by atoms with Gasteiger partial charge in [-0.1, -0.05) is 11.6 Å². The van der Waals surface area contributed by atoms with Crippen molar-refractivity contribution in [2.45, 2.75) is 31.8 Å². The Labute approximate surface area is 119 Å². The predicted octanol–water partition coefficient (Wildman–Crippen LogP) is 2.66. The maximum absolute atomic E-state index is 12.7. The van der Waals surface area contributed by atoms with Crippen LogP contribution in [0.2, 0.25) is 0 Å². The number of hydrogen-bond donors (Lipinski definition) is 2. The molecule has 1 aliphatic carbocycles. The number of allylic oxidation sites excluding steroid dienone is 1. The van der Waals surface area contributed by atoms with Crippen molar-refractivity contribution < 1.29 is 14.2 Å². The molecule has 0 amide bonds. The maximum Gasteiger partial charge on any atom is 0.123 e. The first-order valence-corrected chi connectivity index (χ1v) is 7.19. The molecule has 1 aromatic rings. The normalized spacial score (nSPS) is 16.0. The second-order valence-electron chi connectivity index (χ2n) is 5.13. The van der Waals surface area contributed by atoms with Crippen molar-refractivity contribution in [3.63, 3.8) is 0 Å². The number of aliphatic hydroxyl groups excluding tert-OH is 1. The van der Waals surface area contributed by atoms with E-state index in [1.54, 1.807) is 12.1 Å². The third-order valence-corrected chi connectivity index (χ3v) is 3.39. The van der Waals surface area contributed by atoms with E-state index in [0.29, 0.717) is 12.3 Å². The van der Waals surface area contributed by atoms with Crippen LogP contribution in [0.25, 0.3) is 0 Å². The molecule has 0 heterocycles. The molecule has 110 valence electrons. The molecule has 0 aliphatic heterocycles. The molecule has 0 saturated heterocycles. The van der Waals surface area contributed by atoms with Gasteiger partial charge in [-0.2, -0.15) is 0 Å². The van der Waals surface area contributed by atoms with Crippen LogP contribution in [-0.4, -0.2) is 30.9 Å². The molecule has 2 N–H and O–H groups in total. The van der Waals surface area contributed by atoms with Gasteiger partial charge in [0.15, 0.2) is 0 Å². The summed E-state index contributed by atoms with van der Waals surface area (Å²) in [4.78, 5) is 0. The van der Waals surface area contributed by atoms with Crippen LogP contribution >= 0.6 is 0 Å². The second-order valence-corrected chi connectivity index (χ2v) is 5.13. The van der Waals surface area contributed by atoms with Crippen LogP contribution in [0.5, 0.6) is 5.75 Å². The average Bonchev–Trinajstić information content (AvgIpc) is 2.96. The Balaban J connectivity index is 1.55. The number of rotatable bonds is 8. The molecule has 3 nitrogen and oxygen atoms in total. The van der Waals surface area contributed by atoms with E-state index in [4.69, 9.17) is 4.74 Å². The van der Waals surface area contributed by atoms with Gasteiger partial charge in [-0.05, 0) is 56.5 Å². The van der Waals surface area contributed by atoms with E-state index in [1.807, 2.05) is 0 Å². The van der Waals surface area contributed by atoms with E-state index in [9.17, 15) is 9.50 Å². The highest BCUT2D eigenvalue weighted by molar-refractivity contribution is 5.22. The lowest BCUT2D eigenvalue weighted by Crippen LogP contribution is -2.32. The van der Waals surface area contributed by atoms with E-state index >= 15 is 0 Å². The number of halogens is 1. The number of benzene rings is 1. The molecule has 20 heavy (non-hydrogen) atoms. The van der Waals surface area contributed by atoms with Crippen LogP contribution < -0.4 is 10.1 Å². The van der Waals surface area contributed by atoms with Gasteiger partial charge >= 0.3 is 0 Å². The average molecular weight is 279 g/mol. The molecule has 0 bridgehead atoms. The quantitative estimate of drug-likeness (QED) is 0.568. The molecule has 2 rings (SSSR count). The van der Waals surface area contributed by atoms with Crippen LogP contribution in [0.4, 0.5) is 4.39 Å². The lowest BCUT2D eigenvalue weighted by molar-refractivity contribution is 0.106. The molecule has 1 aromatic carbocycles. The molecular formula is C16H22FNO2. The van der Waals surface area contributed by atoms with Crippen molar-refractivity contribution in [2.75, 3.05) is 19.7 Å². The highest BCUT2D eigenvalue weighted by atomic mass is 19.1. The SMILES string of the molecule is OC(CNCCC1=CCCC1)COc1ccc(F)cc1. The molecule has 1 unspecified atom stereocenters. The summed E-state index contributed by atoms with van der Waals surface area (Å²) in [6.07, 6.45) is 6.53. The maximum atomic E-state index is 12.7. The van der Waals surface area contributed by atoms with Crippen LogP contribution in [-0.2, 0) is 0 Å². The third kappa shape index (κ3) is 5.31. The number of aliphatic hydroxyl groups is 1. The Kier molecular flexibility index (Phi) is 6.02. The Morgan fingerprint density at radius 3 is 2.80 bits per heavy atom. The van der Waals surface area contributed by atoms with Crippen LogP contribution in [0.3, 0.4) is 0 Å². The minimum Gasteiger partial charge on any atom is -0.491 e. The third-order valence-electron chi connectivity index (χ3n) is 3.39. The Morgan fingerprint density at radius 2 is 2.10 bits per heavy atom. The number of nitrogens with one attached hydrogen (secondary N) is 1. The molecular weight excluding hydrogens is 257 g/mol. The monoisotopic (exact) mass is 279 g/mol. The van der Waals surface area contributed by atoms with Crippen molar-refractivity contribution in [2.24, 2.45) is 0 Å². The van der Waals surface area contributed by atoms with E-state index in [0.717, 1.165) is 13.0 Å². The Hall–Kier alpha value is -1.39. The first-order valence-electron chi connectivity index (χ1n) is 7.19. The molecule has 4 heteroatoms. The molecule has 0 saturated carbocycles. The standard InChI is InChI=1S/C16H22FNO2/c17-14-5-7-16(8-6-14)20-12-15(19)11-18-10-9-13-3-1-2-4-13/h3,5-8,15,18-19H,1-2,4,9-12H2. The zero-order chi connectivity index (χ0) is 14.2. The van der Waals surface area contributed by atoms with Crippen molar-refractivity contribution in [3.8, 4) is 5.75 Å². The summed E-state index contributed by atoms with van der Waals surface area (Å²) in [5.74, 6) is 0.280. The summed E-state index contributed by atoms with van der Waals surface area (Å²) in [5, 5.41) is 13.0. The summed E-state index contributed by atoms with van der Waals surface area (Å²) < 4.78 is 18.1. The van der Waals surface area contributed by atoms with Crippen molar-refractivity contribution >= 4 is 0 Å². The lowest BCUT2D eigenvalue weighted by Gasteiger charge is -2.13. The predicted molar refractivity (Wildman–Crippen MR) is 77.3 cm³/mol. The van der Waals surface area contributed by atoms with Gasteiger partial charge in [0.25, 0.3) is 0 Å². The van der Waals surface area contributed by atoms with Crippen LogP contribution in [0.1, 0.15) is 25.7 Å². The first-order chi connectivity index (χ1) is 9.74. The van der Waals surface area contributed by atoms with E-state index < -0.39 is 6.10 Å².